The molecule has 2 aromatic carbocycles. The van der Waals surface area contributed by atoms with E-state index in [1.807, 2.05) is 25.1 Å². The highest BCUT2D eigenvalue weighted by Crippen LogP contribution is 2.32. The molecule has 0 fully saturated rings. The third-order valence-electron chi connectivity index (χ3n) is 3.92. The van der Waals surface area contributed by atoms with Crippen molar-refractivity contribution in [2.45, 2.75) is 37.0 Å². The van der Waals surface area contributed by atoms with Crippen molar-refractivity contribution in [3.63, 3.8) is 0 Å². The molecular formula is C19H21NO3S. The maximum Gasteiger partial charge on any atom is 0.233 e. The lowest BCUT2D eigenvalue weighted by Gasteiger charge is -2.12. The normalized spacial score (nSPS) is 13.6. The van der Waals surface area contributed by atoms with E-state index in [4.69, 9.17) is 9.47 Å². The Morgan fingerprint density at radius 2 is 1.83 bits per heavy atom. The summed E-state index contributed by atoms with van der Waals surface area (Å²) in [6, 6.07) is 14.1. The highest BCUT2D eigenvalue weighted by Gasteiger charge is 2.16. The van der Waals surface area contributed by atoms with Gasteiger partial charge in [-0.3, -0.25) is 4.79 Å². The van der Waals surface area contributed by atoms with Crippen molar-refractivity contribution in [2.75, 3.05) is 6.79 Å². The third-order valence-corrected chi connectivity index (χ3v) is 5.03. The molecule has 1 atom stereocenters. The van der Waals surface area contributed by atoms with Gasteiger partial charge in [0.25, 0.3) is 0 Å². The summed E-state index contributed by atoms with van der Waals surface area (Å²) >= 11 is 1.57. The first-order chi connectivity index (χ1) is 11.7. The largest absolute Gasteiger partial charge is 0.454 e. The van der Waals surface area contributed by atoms with E-state index in [-0.39, 0.29) is 18.0 Å². The summed E-state index contributed by atoms with van der Waals surface area (Å²) in [5.74, 6) is 1.52. The summed E-state index contributed by atoms with van der Waals surface area (Å²) in [4.78, 5) is 13.4. The third kappa shape index (κ3) is 4.03. The first-order valence-electron chi connectivity index (χ1n) is 8.07. The predicted molar refractivity (Wildman–Crippen MR) is 95.6 cm³/mol. The van der Waals surface area contributed by atoms with Gasteiger partial charge in [0.05, 0.1) is 5.25 Å². The van der Waals surface area contributed by atoms with Crippen LogP contribution in [-0.4, -0.2) is 18.0 Å². The molecule has 0 spiro atoms. The van der Waals surface area contributed by atoms with Crippen LogP contribution in [0.5, 0.6) is 11.5 Å². The fraction of sp³-hybridized carbons (Fsp3) is 0.316. The van der Waals surface area contributed by atoms with Gasteiger partial charge >= 0.3 is 0 Å². The first kappa shape index (κ1) is 16.7. The molecule has 0 radical (unpaired) electrons. The van der Waals surface area contributed by atoms with Gasteiger partial charge in [-0.2, -0.15) is 0 Å². The zero-order chi connectivity index (χ0) is 16.9. The van der Waals surface area contributed by atoms with Crippen LogP contribution in [0.4, 0.5) is 0 Å². The van der Waals surface area contributed by atoms with Crippen LogP contribution in [0, 0.1) is 0 Å². The van der Waals surface area contributed by atoms with Crippen molar-refractivity contribution in [2.24, 2.45) is 0 Å². The molecule has 2 aromatic rings. The minimum atomic E-state index is -0.147. The fourth-order valence-corrected chi connectivity index (χ4v) is 3.34. The lowest BCUT2D eigenvalue weighted by molar-refractivity contribution is -0.120. The van der Waals surface area contributed by atoms with E-state index in [0.29, 0.717) is 6.54 Å². The molecule has 1 aliphatic rings. The second kappa shape index (κ2) is 7.62. The molecule has 1 unspecified atom stereocenters. The SMILES string of the molecule is CCc1ccc(SC(C)C(=O)NCc2ccc3c(c2)OCO3)cc1. The van der Waals surface area contributed by atoms with E-state index in [2.05, 4.69) is 36.5 Å². The summed E-state index contributed by atoms with van der Waals surface area (Å²) in [6.07, 6.45) is 1.02. The van der Waals surface area contributed by atoms with Crippen molar-refractivity contribution in [3.05, 3.63) is 53.6 Å². The van der Waals surface area contributed by atoms with Crippen LogP contribution in [0.3, 0.4) is 0 Å². The minimum absolute atomic E-state index is 0.0252. The van der Waals surface area contributed by atoms with Crippen LogP contribution in [-0.2, 0) is 17.8 Å². The Kier molecular flexibility index (Phi) is 5.30. The smallest absolute Gasteiger partial charge is 0.233 e. The molecule has 3 rings (SSSR count). The highest BCUT2D eigenvalue weighted by atomic mass is 32.2. The number of hydrogen-bond acceptors (Lipinski definition) is 4. The minimum Gasteiger partial charge on any atom is -0.454 e. The van der Waals surface area contributed by atoms with Crippen molar-refractivity contribution in [3.8, 4) is 11.5 Å². The zero-order valence-corrected chi connectivity index (χ0v) is 14.7. The maximum absolute atomic E-state index is 12.3. The number of benzene rings is 2. The quantitative estimate of drug-likeness (QED) is 0.811. The Morgan fingerprint density at radius 1 is 1.12 bits per heavy atom. The Balaban J connectivity index is 1.52. The molecule has 1 N–H and O–H groups in total. The Hall–Kier alpha value is -2.14. The van der Waals surface area contributed by atoms with Crippen LogP contribution in [0.2, 0.25) is 0 Å². The van der Waals surface area contributed by atoms with E-state index < -0.39 is 0 Å². The van der Waals surface area contributed by atoms with Crippen LogP contribution in [0.25, 0.3) is 0 Å². The summed E-state index contributed by atoms with van der Waals surface area (Å²) in [7, 11) is 0. The number of nitrogens with one attached hydrogen (secondary N) is 1. The Labute approximate surface area is 146 Å². The monoisotopic (exact) mass is 343 g/mol. The summed E-state index contributed by atoms with van der Waals surface area (Å²) in [5.41, 5.74) is 2.30. The lowest BCUT2D eigenvalue weighted by atomic mass is 10.2. The summed E-state index contributed by atoms with van der Waals surface area (Å²) in [6.45, 7) is 4.80. The molecular weight excluding hydrogens is 322 g/mol. The number of carbonyl (C=O) groups is 1. The Morgan fingerprint density at radius 3 is 2.58 bits per heavy atom. The average molecular weight is 343 g/mol. The fourth-order valence-electron chi connectivity index (χ4n) is 2.45. The molecule has 0 aliphatic carbocycles. The van der Waals surface area contributed by atoms with Crippen molar-refractivity contribution < 1.29 is 14.3 Å². The van der Waals surface area contributed by atoms with Gasteiger partial charge in [0.2, 0.25) is 12.7 Å². The number of ether oxygens (including phenoxy) is 2. The van der Waals surface area contributed by atoms with Gasteiger partial charge in [0, 0.05) is 11.4 Å². The van der Waals surface area contributed by atoms with Gasteiger partial charge in [-0.05, 0) is 48.7 Å². The standard InChI is InChI=1S/C19H21NO3S/c1-3-14-4-7-16(8-5-14)24-13(2)19(21)20-11-15-6-9-17-18(10-15)23-12-22-17/h4-10,13H,3,11-12H2,1-2H3,(H,20,21). The number of rotatable bonds is 6. The van der Waals surface area contributed by atoms with Crippen LogP contribution in [0.15, 0.2) is 47.4 Å². The molecule has 0 saturated carbocycles. The number of hydrogen-bond donors (Lipinski definition) is 1. The van der Waals surface area contributed by atoms with E-state index in [0.717, 1.165) is 28.4 Å². The molecule has 0 aromatic heterocycles. The number of thioether (sulfide) groups is 1. The van der Waals surface area contributed by atoms with Crippen LogP contribution < -0.4 is 14.8 Å². The van der Waals surface area contributed by atoms with Crippen molar-refractivity contribution >= 4 is 17.7 Å². The maximum atomic E-state index is 12.3. The summed E-state index contributed by atoms with van der Waals surface area (Å²) < 4.78 is 10.6. The van der Waals surface area contributed by atoms with Crippen LogP contribution in [0.1, 0.15) is 25.0 Å². The molecule has 0 saturated heterocycles. The number of amides is 1. The van der Waals surface area contributed by atoms with Gasteiger partial charge in [0.15, 0.2) is 11.5 Å². The van der Waals surface area contributed by atoms with E-state index >= 15 is 0 Å². The molecule has 1 amide bonds. The van der Waals surface area contributed by atoms with Crippen molar-refractivity contribution in [1.82, 2.24) is 5.32 Å². The number of carbonyl (C=O) groups excluding carboxylic acids is 1. The second-order valence-electron chi connectivity index (χ2n) is 5.66. The van der Waals surface area contributed by atoms with Crippen molar-refractivity contribution in [1.29, 1.82) is 0 Å². The molecule has 126 valence electrons. The molecule has 0 bridgehead atoms. The molecule has 1 heterocycles. The lowest BCUT2D eigenvalue weighted by Crippen LogP contribution is -2.30. The molecule has 24 heavy (non-hydrogen) atoms. The highest BCUT2D eigenvalue weighted by molar-refractivity contribution is 8.00. The Bertz CT molecular complexity index is 715. The van der Waals surface area contributed by atoms with E-state index in [1.165, 1.54) is 5.56 Å². The van der Waals surface area contributed by atoms with Gasteiger partial charge < -0.3 is 14.8 Å². The van der Waals surface area contributed by atoms with Crippen LogP contribution >= 0.6 is 11.8 Å². The van der Waals surface area contributed by atoms with E-state index in [9.17, 15) is 4.79 Å². The molecule has 4 nitrogen and oxygen atoms in total. The second-order valence-corrected chi connectivity index (χ2v) is 7.08. The average Bonchev–Trinajstić information content (AvgIpc) is 3.08. The molecule has 5 heteroatoms. The number of fused-ring (bicyclic) bond motifs is 1. The topological polar surface area (TPSA) is 47.6 Å². The van der Waals surface area contributed by atoms with Gasteiger partial charge in [0.1, 0.15) is 0 Å². The summed E-state index contributed by atoms with van der Waals surface area (Å²) in [5, 5.41) is 2.83. The predicted octanol–water partition coefficient (Wildman–Crippen LogP) is 3.77. The van der Waals surface area contributed by atoms with E-state index in [1.54, 1.807) is 11.8 Å². The number of aryl methyl sites for hydroxylation is 1. The first-order valence-corrected chi connectivity index (χ1v) is 8.95. The van der Waals surface area contributed by atoms with Gasteiger partial charge in [-0.25, -0.2) is 0 Å². The zero-order valence-electron chi connectivity index (χ0n) is 13.9. The molecule has 1 aliphatic heterocycles. The van der Waals surface area contributed by atoms with Gasteiger partial charge in [-0.15, -0.1) is 11.8 Å². The van der Waals surface area contributed by atoms with Gasteiger partial charge in [-0.1, -0.05) is 25.1 Å².